The average molecular weight is 281 g/mol. The number of hydrogen-bond acceptors (Lipinski definition) is 3. The molecule has 0 saturated heterocycles. The van der Waals surface area contributed by atoms with Crippen molar-refractivity contribution in [2.75, 3.05) is 0 Å². The van der Waals surface area contributed by atoms with Crippen LogP contribution < -0.4 is 5.43 Å². The van der Waals surface area contributed by atoms with Gasteiger partial charge in [-0.05, 0) is 26.0 Å². The Balaban J connectivity index is 1.79. The number of nitrogens with one attached hydrogen (secondary N) is 3. The molecule has 0 radical (unpaired) electrons. The third kappa shape index (κ3) is 2.55. The summed E-state index contributed by atoms with van der Waals surface area (Å²) in [4.78, 5) is 15.1. The summed E-state index contributed by atoms with van der Waals surface area (Å²) in [5.74, 6) is -0.340. The predicted octanol–water partition coefficient (Wildman–Crippen LogP) is 2.27. The number of carbonyl (C=O) groups excluding carboxylic acids is 1. The van der Waals surface area contributed by atoms with Crippen molar-refractivity contribution in [3.63, 3.8) is 0 Å². The maximum absolute atomic E-state index is 11.8. The number of fused-ring (bicyclic) bond motifs is 1. The van der Waals surface area contributed by atoms with E-state index in [0.29, 0.717) is 5.69 Å². The Morgan fingerprint density at radius 1 is 1.33 bits per heavy atom. The van der Waals surface area contributed by atoms with Gasteiger partial charge in [-0.25, -0.2) is 5.43 Å². The molecule has 3 aromatic rings. The topological polar surface area (TPSA) is 85.9 Å². The van der Waals surface area contributed by atoms with Crippen LogP contribution in [0.1, 0.15) is 27.4 Å². The molecule has 3 N–H and O–H groups in total. The van der Waals surface area contributed by atoms with E-state index in [0.717, 1.165) is 27.9 Å². The molecular weight excluding hydrogens is 266 g/mol. The van der Waals surface area contributed by atoms with Crippen molar-refractivity contribution in [1.82, 2.24) is 20.6 Å². The zero-order chi connectivity index (χ0) is 14.8. The minimum Gasteiger partial charge on any atom is -0.358 e. The Bertz CT molecular complexity index is 828. The van der Waals surface area contributed by atoms with E-state index in [1.54, 1.807) is 12.3 Å². The van der Waals surface area contributed by atoms with Crippen LogP contribution in [-0.4, -0.2) is 27.3 Å². The second-order valence-electron chi connectivity index (χ2n) is 4.84. The number of aromatic amines is 2. The Morgan fingerprint density at radius 2 is 2.14 bits per heavy atom. The number of aromatic nitrogens is 3. The van der Waals surface area contributed by atoms with Crippen LogP contribution in [0.25, 0.3) is 10.9 Å². The molecule has 0 aliphatic carbocycles. The number of hydrazone groups is 1. The number of benzene rings is 1. The van der Waals surface area contributed by atoms with Gasteiger partial charge in [0.05, 0.1) is 6.21 Å². The fraction of sp³-hybridized carbons (Fsp3) is 0.133. The molecule has 0 unspecified atom stereocenters. The molecule has 0 aliphatic heterocycles. The van der Waals surface area contributed by atoms with Gasteiger partial charge < -0.3 is 4.98 Å². The molecular formula is C15H15N5O. The highest BCUT2D eigenvalue weighted by Gasteiger charge is 2.08. The third-order valence-electron chi connectivity index (χ3n) is 3.24. The fourth-order valence-electron chi connectivity index (χ4n) is 2.21. The molecule has 0 saturated carbocycles. The number of hydrogen-bond donors (Lipinski definition) is 3. The summed E-state index contributed by atoms with van der Waals surface area (Å²) in [6.07, 6.45) is 1.64. The number of H-pyrrole nitrogens is 2. The standard InChI is InChI=1S/C15H15N5O/c1-9-7-14(19-18-9)15(21)20-16-8-12-10(2)17-13-6-4-3-5-11(12)13/h3-8,17H,1-2H3,(H,18,19)(H,20,21)/b16-8+. The highest BCUT2D eigenvalue weighted by molar-refractivity contribution is 6.01. The maximum Gasteiger partial charge on any atom is 0.291 e. The van der Waals surface area contributed by atoms with Gasteiger partial charge in [0.25, 0.3) is 5.91 Å². The van der Waals surface area contributed by atoms with E-state index >= 15 is 0 Å². The lowest BCUT2D eigenvalue weighted by Gasteiger charge is -1.95. The van der Waals surface area contributed by atoms with E-state index in [1.165, 1.54) is 0 Å². The van der Waals surface area contributed by atoms with Crippen LogP contribution in [0.4, 0.5) is 0 Å². The number of nitrogens with zero attached hydrogens (tertiary/aromatic N) is 2. The predicted molar refractivity (Wildman–Crippen MR) is 81.4 cm³/mol. The highest BCUT2D eigenvalue weighted by atomic mass is 16.2. The summed E-state index contributed by atoms with van der Waals surface area (Å²) in [7, 11) is 0. The van der Waals surface area contributed by atoms with Crippen molar-refractivity contribution < 1.29 is 4.79 Å². The van der Waals surface area contributed by atoms with Gasteiger partial charge in [-0.3, -0.25) is 9.89 Å². The smallest absolute Gasteiger partial charge is 0.291 e. The van der Waals surface area contributed by atoms with Crippen molar-refractivity contribution in [3.8, 4) is 0 Å². The third-order valence-corrected chi connectivity index (χ3v) is 3.24. The molecule has 1 aromatic carbocycles. The maximum atomic E-state index is 11.8. The van der Waals surface area contributed by atoms with E-state index in [9.17, 15) is 4.79 Å². The summed E-state index contributed by atoms with van der Waals surface area (Å²) in [6, 6.07) is 9.63. The summed E-state index contributed by atoms with van der Waals surface area (Å²) in [6.45, 7) is 3.81. The molecule has 0 aliphatic rings. The normalized spacial score (nSPS) is 11.3. The monoisotopic (exact) mass is 281 g/mol. The minimum atomic E-state index is -0.340. The first-order valence-electron chi connectivity index (χ1n) is 6.58. The average Bonchev–Trinajstić information content (AvgIpc) is 3.03. The second-order valence-corrected chi connectivity index (χ2v) is 4.84. The van der Waals surface area contributed by atoms with Gasteiger partial charge in [-0.1, -0.05) is 18.2 Å². The molecule has 106 valence electrons. The van der Waals surface area contributed by atoms with Crippen molar-refractivity contribution in [3.05, 3.63) is 53.0 Å². The largest absolute Gasteiger partial charge is 0.358 e. The van der Waals surface area contributed by atoms with Crippen molar-refractivity contribution in [2.45, 2.75) is 13.8 Å². The van der Waals surface area contributed by atoms with Crippen molar-refractivity contribution in [2.24, 2.45) is 5.10 Å². The van der Waals surface area contributed by atoms with Crippen molar-refractivity contribution >= 4 is 23.0 Å². The van der Waals surface area contributed by atoms with Crippen LogP contribution in [0.2, 0.25) is 0 Å². The van der Waals surface area contributed by atoms with E-state index in [-0.39, 0.29) is 5.91 Å². The number of aryl methyl sites for hydroxylation is 2. The lowest BCUT2D eigenvalue weighted by Crippen LogP contribution is -2.18. The second kappa shape index (κ2) is 5.24. The lowest BCUT2D eigenvalue weighted by atomic mass is 10.1. The molecule has 0 spiro atoms. The number of para-hydroxylation sites is 1. The molecule has 6 nitrogen and oxygen atoms in total. The van der Waals surface area contributed by atoms with Crippen LogP contribution in [0.5, 0.6) is 0 Å². The van der Waals surface area contributed by atoms with E-state index in [2.05, 4.69) is 25.7 Å². The number of amides is 1. The highest BCUT2D eigenvalue weighted by Crippen LogP contribution is 2.19. The molecule has 0 bridgehead atoms. The Hall–Kier alpha value is -2.89. The first-order valence-corrected chi connectivity index (χ1v) is 6.58. The summed E-state index contributed by atoms with van der Waals surface area (Å²) in [5, 5.41) is 11.7. The lowest BCUT2D eigenvalue weighted by molar-refractivity contribution is 0.0950. The molecule has 0 atom stereocenters. The van der Waals surface area contributed by atoms with E-state index in [4.69, 9.17) is 0 Å². The molecule has 3 rings (SSSR count). The van der Waals surface area contributed by atoms with Crippen LogP contribution in [-0.2, 0) is 0 Å². The summed E-state index contributed by atoms with van der Waals surface area (Å²) >= 11 is 0. The first-order chi connectivity index (χ1) is 10.1. The Labute approximate surface area is 121 Å². The molecule has 1 amide bonds. The van der Waals surface area contributed by atoms with Gasteiger partial charge in [0, 0.05) is 27.9 Å². The van der Waals surface area contributed by atoms with Crippen LogP contribution >= 0.6 is 0 Å². The fourth-order valence-corrected chi connectivity index (χ4v) is 2.21. The molecule has 21 heavy (non-hydrogen) atoms. The van der Waals surface area contributed by atoms with Crippen LogP contribution in [0.3, 0.4) is 0 Å². The Kier molecular flexibility index (Phi) is 3.27. The number of rotatable bonds is 3. The molecule has 6 heteroatoms. The number of carbonyl (C=O) groups is 1. The van der Waals surface area contributed by atoms with Gasteiger partial charge in [-0.2, -0.15) is 10.2 Å². The van der Waals surface area contributed by atoms with Gasteiger partial charge >= 0.3 is 0 Å². The van der Waals surface area contributed by atoms with Crippen LogP contribution in [0, 0.1) is 13.8 Å². The van der Waals surface area contributed by atoms with Gasteiger partial charge in [-0.15, -0.1) is 0 Å². The summed E-state index contributed by atoms with van der Waals surface area (Å²) < 4.78 is 0. The van der Waals surface area contributed by atoms with Gasteiger partial charge in [0.1, 0.15) is 0 Å². The van der Waals surface area contributed by atoms with Gasteiger partial charge in [0.2, 0.25) is 0 Å². The zero-order valence-corrected chi connectivity index (χ0v) is 11.8. The van der Waals surface area contributed by atoms with Gasteiger partial charge in [0.15, 0.2) is 5.69 Å². The minimum absolute atomic E-state index is 0.320. The first kappa shape index (κ1) is 13.1. The molecule has 2 aromatic heterocycles. The van der Waals surface area contributed by atoms with E-state index < -0.39 is 0 Å². The Morgan fingerprint density at radius 3 is 2.90 bits per heavy atom. The van der Waals surface area contributed by atoms with E-state index in [1.807, 2.05) is 38.1 Å². The quantitative estimate of drug-likeness (QED) is 0.508. The summed E-state index contributed by atoms with van der Waals surface area (Å²) in [5.41, 5.74) is 6.64. The molecule has 2 heterocycles. The van der Waals surface area contributed by atoms with Crippen molar-refractivity contribution in [1.29, 1.82) is 0 Å². The zero-order valence-electron chi connectivity index (χ0n) is 11.8. The SMILES string of the molecule is Cc1cc(C(=O)N/N=C/c2c(C)[nH]c3ccccc23)n[nH]1. The van der Waals surface area contributed by atoms with Crippen LogP contribution in [0.15, 0.2) is 35.4 Å². The molecule has 0 fully saturated rings.